The summed E-state index contributed by atoms with van der Waals surface area (Å²) in [7, 11) is 0. The van der Waals surface area contributed by atoms with Crippen LogP contribution in [-0.4, -0.2) is 10.9 Å². The summed E-state index contributed by atoms with van der Waals surface area (Å²) in [6.07, 6.45) is 0. The van der Waals surface area contributed by atoms with E-state index in [0.717, 1.165) is 22.4 Å². The van der Waals surface area contributed by atoms with Gasteiger partial charge in [-0.3, -0.25) is 0 Å². The Morgan fingerprint density at radius 1 is 1.25 bits per heavy atom. The highest BCUT2D eigenvalue weighted by atomic mass is 32.2. The van der Waals surface area contributed by atoms with Crippen LogP contribution in [-0.2, 0) is 0 Å². The molecule has 2 rings (SSSR count). The van der Waals surface area contributed by atoms with Gasteiger partial charge in [0, 0.05) is 22.2 Å². The summed E-state index contributed by atoms with van der Waals surface area (Å²) in [4.78, 5) is 1.15. The van der Waals surface area contributed by atoms with Crippen molar-refractivity contribution >= 4 is 17.4 Å². The molecule has 0 radical (unpaired) electrons. The molecule has 0 amide bonds. The number of aromatic hydroxyl groups is 1. The molecule has 0 heterocycles. The van der Waals surface area contributed by atoms with Crippen LogP contribution in [0.3, 0.4) is 0 Å². The smallest absolute Gasteiger partial charge is 0.132 e. The molecule has 0 bridgehead atoms. The van der Waals surface area contributed by atoms with Crippen LogP contribution < -0.4 is 5.32 Å². The van der Waals surface area contributed by atoms with Crippen LogP contribution in [0.2, 0.25) is 0 Å². The first kappa shape index (κ1) is 14.7. The third kappa shape index (κ3) is 3.45. The van der Waals surface area contributed by atoms with Gasteiger partial charge in [0.1, 0.15) is 11.6 Å². The maximum Gasteiger partial charge on any atom is 0.132 e. The summed E-state index contributed by atoms with van der Waals surface area (Å²) in [5.74, 6) is 0.534. The Morgan fingerprint density at radius 3 is 2.70 bits per heavy atom. The van der Waals surface area contributed by atoms with Crippen LogP contribution >= 0.6 is 11.8 Å². The van der Waals surface area contributed by atoms with E-state index in [-0.39, 0.29) is 11.8 Å². The molecule has 2 N–H and O–H groups in total. The van der Waals surface area contributed by atoms with Crippen LogP contribution in [0, 0.1) is 5.82 Å². The molecule has 0 aliphatic rings. The number of hydrogen-bond donors (Lipinski definition) is 2. The van der Waals surface area contributed by atoms with Crippen molar-refractivity contribution < 1.29 is 9.50 Å². The predicted octanol–water partition coefficient (Wildman–Crippen LogP) is 4.82. The topological polar surface area (TPSA) is 32.3 Å². The fraction of sp³-hybridized carbons (Fsp3) is 0.250. The van der Waals surface area contributed by atoms with Crippen molar-refractivity contribution in [2.75, 3.05) is 11.1 Å². The van der Waals surface area contributed by atoms with E-state index in [4.69, 9.17) is 0 Å². The molecular formula is C16H18FNOS. The molecule has 4 heteroatoms. The second kappa shape index (κ2) is 6.66. The summed E-state index contributed by atoms with van der Waals surface area (Å²) in [5, 5.41) is 12.6. The number of phenols is 1. The van der Waals surface area contributed by atoms with Gasteiger partial charge in [-0.15, -0.1) is 11.8 Å². The predicted molar refractivity (Wildman–Crippen MR) is 82.9 cm³/mol. The molecule has 0 aliphatic carbocycles. The highest BCUT2D eigenvalue weighted by Gasteiger charge is 2.12. The van der Waals surface area contributed by atoms with E-state index in [0.29, 0.717) is 5.56 Å². The monoisotopic (exact) mass is 291 g/mol. The van der Waals surface area contributed by atoms with E-state index in [1.165, 1.54) is 6.07 Å². The Bertz CT molecular complexity index is 588. The zero-order valence-corrected chi connectivity index (χ0v) is 12.4. The zero-order valence-electron chi connectivity index (χ0n) is 11.6. The van der Waals surface area contributed by atoms with Crippen molar-refractivity contribution in [1.29, 1.82) is 0 Å². The molecular weight excluding hydrogens is 273 g/mol. The second-order valence-corrected chi connectivity index (χ2v) is 5.81. The standard InChI is InChI=1S/C16H18FNOS/c1-3-20-16-7-5-4-6-15(16)18-11(2)13-9-8-12(19)10-14(13)17/h4-11,18-19H,3H2,1-2H3. The van der Waals surface area contributed by atoms with Crippen LogP contribution in [0.15, 0.2) is 47.4 Å². The molecule has 106 valence electrons. The molecule has 0 aliphatic heterocycles. The van der Waals surface area contributed by atoms with Crippen LogP contribution in [0.4, 0.5) is 10.1 Å². The average Bonchev–Trinajstić information content (AvgIpc) is 2.41. The SMILES string of the molecule is CCSc1ccccc1NC(C)c1ccc(O)cc1F. The highest BCUT2D eigenvalue weighted by molar-refractivity contribution is 7.99. The number of benzene rings is 2. The van der Waals surface area contributed by atoms with Gasteiger partial charge in [0.25, 0.3) is 0 Å². The van der Waals surface area contributed by atoms with Gasteiger partial charge in [-0.05, 0) is 30.9 Å². The highest BCUT2D eigenvalue weighted by Crippen LogP contribution is 2.30. The van der Waals surface area contributed by atoms with E-state index in [2.05, 4.69) is 18.3 Å². The van der Waals surface area contributed by atoms with E-state index >= 15 is 0 Å². The largest absolute Gasteiger partial charge is 0.508 e. The summed E-state index contributed by atoms with van der Waals surface area (Å²) in [5.41, 5.74) is 1.54. The fourth-order valence-corrected chi connectivity index (χ4v) is 2.81. The van der Waals surface area contributed by atoms with Gasteiger partial charge in [0.2, 0.25) is 0 Å². The molecule has 0 aromatic heterocycles. The number of para-hydroxylation sites is 1. The first-order valence-corrected chi connectivity index (χ1v) is 7.57. The molecule has 0 fully saturated rings. The summed E-state index contributed by atoms with van der Waals surface area (Å²) < 4.78 is 13.8. The normalized spacial score (nSPS) is 12.2. The number of anilines is 1. The van der Waals surface area contributed by atoms with Crippen molar-refractivity contribution in [2.45, 2.75) is 24.8 Å². The number of nitrogens with one attached hydrogen (secondary N) is 1. The van der Waals surface area contributed by atoms with Crippen molar-refractivity contribution in [3.63, 3.8) is 0 Å². The van der Waals surface area contributed by atoms with E-state index in [1.54, 1.807) is 17.8 Å². The Labute approximate surface area is 123 Å². The number of hydrogen-bond acceptors (Lipinski definition) is 3. The third-order valence-electron chi connectivity index (χ3n) is 3.01. The minimum atomic E-state index is -0.398. The van der Waals surface area contributed by atoms with Crippen LogP contribution in [0.5, 0.6) is 5.75 Å². The molecule has 0 spiro atoms. The maximum absolute atomic E-state index is 13.8. The van der Waals surface area contributed by atoms with Crippen molar-refractivity contribution in [2.24, 2.45) is 0 Å². The van der Waals surface area contributed by atoms with Crippen molar-refractivity contribution in [1.82, 2.24) is 0 Å². The molecule has 20 heavy (non-hydrogen) atoms. The van der Waals surface area contributed by atoms with Crippen LogP contribution in [0.25, 0.3) is 0 Å². The number of rotatable bonds is 5. The Hall–Kier alpha value is -1.68. The lowest BCUT2D eigenvalue weighted by Crippen LogP contribution is -2.09. The lowest BCUT2D eigenvalue weighted by molar-refractivity contribution is 0.467. The molecule has 0 saturated heterocycles. The number of thioether (sulfide) groups is 1. The van der Waals surface area contributed by atoms with Gasteiger partial charge in [-0.2, -0.15) is 0 Å². The van der Waals surface area contributed by atoms with Crippen molar-refractivity contribution in [3.8, 4) is 5.75 Å². The van der Waals surface area contributed by atoms with Crippen LogP contribution in [0.1, 0.15) is 25.5 Å². The molecule has 2 aromatic carbocycles. The number of phenolic OH excluding ortho intramolecular Hbond substituents is 1. The van der Waals surface area contributed by atoms with E-state index in [9.17, 15) is 9.50 Å². The van der Waals surface area contributed by atoms with Crippen molar-refractivity contribution in [3.05, 3.63) is 53.8 Å². The lowest BCUT2D eigenvalue weighted by atomic mass is 10.1. The molecule has 1 atom stereocenters. The maximum atomic E-state index is 13.8. The first-order valence-electron chi connectivity index (χ1n) is 6.58. The Balaban J connectivity index is 2.21. The average molecular weight is 291 g/mol. The molecule has 2 aromatic rings. The van der Waals surface area contributed by atoms with E-state index < -0.39 is 5.82 Å². The first-order chi connectivity index (χ1) is 9.61. The lowest BCUT2D eigenvalue weighted by Gasteiger charge is -2.18. The van der Waals surface area contributed by atoms with Gasteiger partial charge in [0.05, 0.1) is 6.04 Å². The minimum Gasteiger partial charge on any atom is -0.508 e. The molecule has 1 unspecified atom stereocenters. The van der Waals surface area contributed by atoms with Gasteiger partial charge in [0.15, 0.2) is 0 Å². The number of halogens is 1. The third-order valence-corrected chi connectivity index (χ3v) is 3.97. The van der Waals surface area contributed by atoms with Gasteiger partial charge < -0.3 is 10.4 Å². The fourth-order valence-electron chi connectivity index (χ4n) is 2.05. The summed E-state index contributed by atoms with van der Waals surface area (Å²) in [6, 6.07) is 12.1. The second-order valence-electron chi connectivity index (χ2n) is 4.50. The van der Waals surface area contributed by atoms with Gasteiger partial charge in [-0.25, -0.2) is 4.39 Å². The molecule has 0 saturated carbocycles. The Morgan fingerprint density at radius 2 is 2.00 bits per heavy atom. The molecule has 2 nitrogen and oxygen atoms in total. The summed E-state index contributed by atoms with van der Waals surface area (Å²) in [6.45, 7) is 4.01. The van der Waals surface area contributed by atoms with Gasteiger partial charge >= 0.3 is 0 Å². The van der Waals surface area contributed by atoms with Gasteiger partial charge in [-0.1, -0.05) is 25.1 Å². The van der Waals surface area contributed by atoms with E-state index in [1.807, 2.05) is 25.1 Å². The zero-order chi connectivity index (χ0) is 14.5. The Kier molecular flexibility index (Phi) is 4.90. The minimum absolute atomic E-state index is 0.0552. The summed E-state index contributed by atoms with van der Waals surface area (Å²) >= 11 is 1.75. The quantitative estimate of drug-likeness (QED) is 0.775.